The number of aromatic nitrogens is 3. The second-order valence-electron chi connectivity index (χ2n) is 11.9. The summed E-state index contributed by atoms with van der Waals surface area (Å²) >= 11 is 0. The van der Waals surface area contributed by atoms with E-state index in [0.29, 0.717) is 79.8 Å². The van der Waals surface area contributed by atoms with Crippen LogP contribution in [-0.2, 0) is 29.0 Å². The van der Waals surface area contributed by atoms with E-state index in [1.54, 1.807) is 41.1 Å². The summed E-state index contributed by atoms with van der Waals surface area (Å²) in [6.07, 6.45) is 5.41. The summed E-state index contributed by atoms with van der Waals surface area (Å²) in [5.41, 5.74) is 3.50. The molecule has 0 saturated carbocycles. The lowest BCUT2D eigenvalue weighted by atomic mass is 10.1. The van der Waals surface area contributed by atoms with Gasteiger partial charge in [-0.25, -0.2) is 4.68 Å². The summed E-state index contributed by atoms with van der Waals surface area (Å²) in [4.78, 5) is 24.2. The van der Waals surface area contributed by atoms with Crippen molar-refractivity contribution in [2.24, 2.45) is 0 Å². The van der Waals surface area contributed by atoms with Crippen molar-refractivity contribution in [1.82, 2.24) is 15.0 Å². The van der Waals surface area contributed by atoms with E-state index in [9.17, 15) is 9.59 Å². The van der Waals surface area contributed by atoms with Crippen molar-refractivity contribution < 1.29 is 32.9 Å². The molecular formula is C41H41N3O8. The zero-order chi connectivity index (χ0) is 35.8. The number of hydrogen-bond acceptors (Lipinski definition) is 10. The highest BCUT2D eigenvalue weighted by Gasteiger charge is 2.18. The Morgan fingerprint density at radius 2 is 1.38 bits per heavy atom. The predicted octanol–water partition coefficient (Wildman–Crippen LogP) is 6.96. The summed E-state index contributed by atoms with van der Waals surface area (Å²) in [7, 11) is 0. The van der Waals surface area contributed by atoms with Crippen LogP contribution >= 0.6 is 0 Å². The van der Waals surface area contributed by atoms with Crippen LogP contribution in [0.1, 0.15) is 34.5 Å². The maximum atomic E-state index is 13.4. The number of aryl methyl sites for hydroxylation is 1. The lowest BCUT2D eigenvalue weighted by Gasteiger charge is -2.12. The molecule has 0 radical (unpaired) electrons. The first-order chi connectivity index (χ1) is 25.7. The number of aldehydes is 1. The van der Waals surface area contributed by atoms with E-state index < -0.39 is 0 Å². The van der Waals surface area contributed by atoms with Crippen molar-refractivity contribution in [3.63, 3.8) is 0 Å². The second kappa shape index (κ2) is 19.0. The fourth-order valence-corrected chi connectivity index (χ4v) is 5.38. The van der Waals surface area contributed by atoms with Crippen LogP contribution in [0, 0.1) is 0 Å². The molecule has 0 aliphatic rings. The lowest BCUT2D eigenvalue weighted by molar-refractivity contribution is 0.0333. The third-order valence-electron chi connectivity index (χ3n) is 8.13. The van der Waals surface area contributed by atoms with Crippen LogP contribution < -0.4 is 19.6 Å². The SMILES string of the molecule is O=Cc1ccc(OCCCCc2cn(CCOCCOCCOc3ccc(-c4oc5ccccc5c(=O)c4OCc4ccccc4)cc3)nn2)cc1. The summed E-state index contributed by atoms with van der Waals surface area (Å²) in [5.74, 6) is 1.97. The van der Waals surface area contributed by atoms with Crippen molar-refractivity contribution >= 4 is 17.3 Å². The Morgan fingerprint density at radius 3 is 2.17 bits per heavy atom. The number of carbonyl (C=O) groups is 1. The molecule has 0 aliphatic carbocycles. The van der Waals surface area contributed by atoms with Gasteiger partial charge in [0.15, 0.2) is 5.76 Å². The van der Waals surface area contributed by atoms with Crippen LogP contribution in [0.5, 0.6) is 17.2 Å². The first kappa shape index (κ1) is 36.0. The third-order valence-corrected chi connectivity index (χ3v) is 8.13. The van der Waals surface area contributed by atoms with Gasteiger partial charge in [0, 0.05) is 17.3 Å². The van der Waals surface area contributed by atoms with Gasteiger partial charge in [0.2, 0.25) is 11.2 Å². The Hall–Kier alpha value is -5.78. The summed E-state index contributed by atoms with van der Waals surface area (Å²) in [6, 6.07) is 31.3. The summed E-state index contributed by atoms with van der Waals surface area (Å²) in [5, 5.41) is 8.89. The number of fused-ring (bicyclic) bond motifs is 1. The van der Waals surface area contributed by atoms with Gasteiger partial charge < -0.3 is 28.1 Å². The van der Waals surface area contributed by atoms with Crippen molar-refractivity contribution in [3.8, 4) is 28.6 Å². The zero-order valence-corrected chi connectivity index (χ0v) is 28.9. The van der Waals surface area contributed by atoms with E-state index in [0.717, 1.165) is 42.6 Å². The van der Waals surface area contributed by atoms with E-state index in [4.69, 9.17) is 28.1 Å². The van der Waals surface area contributed by atoms with Crippen LogP contribution in [0.3, 0.4) is 0 Å². The lowest BCUT2D eigenvalue weighted by Crippen LogP contribution is -2.13. The molecular weight excluding hydrogens is 662 g/mol. The number of rotatable bonds is 21. The molecule has 0 N–H and O–H groups in total. The Morgan fingerprint density at radius 1 is 0.692 bits per heavy atom. The second-order valence-corrected chi connectivity index (χ2v) is 11.9. The van der Waals surface area contributed by atoms with Crippen LogP contribution in [0.25, 0.3) is 22.3 Å². The molecule has 0 unspecified atom stereocenters. The molecule has 11 nitrogen and oxygen atoms in total. The number of carbonyl (C=O) groups excluding carboxylic acids is 1. The number of hydrogen-bond donors (Lipinski definition) is 0. The maximum Gasteiger partial charge on any atom is 0.235 e. The maximum absolute atomic E-state index is 13.4. The Bertz CT molecular complexity index is 2040. The van der Waals surface area contributed by atoms with Crippen molar-refractivity contribution in [2.75, 3.05) is 39.6 Å². The van der Waals surface area contributed by atoms with Gasteiger partial charge in [-0.05, 0) is 85.5 Å². The number of unbranched alkanes of at least 4 members (excludes halogenated alkanes) is 1. The molecule has 0 aliphatic heterocycles. The largest absolute Gasteiger partial charge is 0.494 e. The standard InChI is InChI=1S/C41H41N3O8/c45-29-31-13-17-35(18-14-31)49-22-7-6-10-34-28-44(43-42-34)21-23-47-24-25-48-26-27-50-36-19-15-33(16-20-36)40-41(51-30-32-8-2-1-3-9-32)39(46)37-11-4-5-12-38(37)52-40/h1-5,8-9,11-20,28-29H,6-7,10,21-27,30H2. The highest BCUT2D eigenvalue weighted by molar-refractivity contribution is 5.82. The van der Waals surface area contributed by atoms with Crippen molar-refractivity contribution in [3.05, 3.63) is 136 Å². The molecule has 2 heterocycles. The third kappa shape index (κ3) is 10.4. The van der Waals surface area contributed by atoms with E-state index in [-0.39, 0.29) is 17.8 Å². The first-order valence-electron chi connectivity index (χ1n) is 17.3. The fourth-order valence-electron chi connectivity index (χ4n) is 5.38. The molecule has 0 fully saturated rings. The minimum atomic E-state index is -0.215. The van der Waals surface area contributed by atoms with E-state index in [2.05, 4.69) is 10.3 Å². The van der Waals surface area contributed by atoms with Crippen LogP contribution in [0.2, 0.25) is 0 Å². The molecule has 52 heavy (non-hydrogen) atoms. The molecule has 6 rings (SSSR count). The molecule has 4 aromatic carbocycles. The highest BCUT2D eigenvalue weighted by atomic mass is 16.5. The molecule has 0 saturated heterocycles. The van der Waals surface area contributed by atoms with Gasteiger partial charge in [0.25, 0.3) is 0 Å². The van der Waals surface area contributed by atoms with Crippen molar-refractivity contribution in [2.45, 2.75) is 32.4 Å². The normalized spacial score (nSPS) is 11.1. The predicted molar refractivity (Wildman–Crippen MR) is 196 cm³/mol. The smallest absolute Gasteiger partial charge is 0.235 e. The molecule has 0 amide bonds. The Balaban J connectivity index is 0.856. The Kier molecular flexibility index (Phi) is 13.2. The van der Waals surface area contributed by atoms with Crippen LogP contribution in [-0.4, -0.2) is 60.9 Å². The van der Waals surface area contributed by atoms with Gasteiger partial charge in [-0.15, -0.1) is 5.10 Å². The number of nitrogens with zero attached hydrogens (tertiary/aromatic N) is 3. The summed E-state index contributed by atoms with van der Waals surface area (Å²) < 4.78 is 37.0. The molecule has 0 spiro atoms. The van der Waals surface area contributed by atoms with Gasteiger partial charge in [-0.3, -0.25) is 9.59 Å². The number of ether oxygens (including phenoxy) is 5. The minimum absolute atomic E-state index is 0.174. The zero-order valence-electron chi connectivity index (χ0n) is 28.9. The number of para-hydroxylation sites is 1. The van der Waals surface area contributed by atoms with Crippen LogP contribution in [0.15, 0.2) is 119 Å². The quantitative estimate of drug-likeness (QED) is 0.0574. The molecule has 268 valence electrons. The topological polar surface area (TPSA) is 124 Å². The van der Waals surface area contributed by atoms with E-state index in [1.165, 1.54) is 0 Å². The van der Waals surface area contributed by atoms with Gasteiger partial charge in [-0.2, -0.15) is 0 Å². The van der Waals surface area contributed by atoms with E-state index in [1.807, 2.05) is 72.9 Å². The highest BCUT2D eigenvalue weighted by Crippen LogP contribution is 2.32. The average molecular weight is 704 g/mol. The molecule has 6 aromatic rings. The van der Waals surface area contributed by atoms with Gasteiger partial charge >= 0.3 is 0 Å². The monoisotopic (exact) mass is 703 g/mol. The number of benzene rings is 4. The minimum Gasteiger partial charge on any atom is -0.494 e. The van der Waals surface area contributed by atoms with Gasteiger partial charge in [0.1, 0.15) is 36.6 Å². The van der Waals surface area contributed by atoms with Crippen molar-refractivity contribution in [1.29, 1.82) is 0 Å². The fraction of sp³-hybridized carbons (Fsp3) is 0.268. The summed E-state index contributed by atoms with van der Waals surface area (Å²) in [6.45, 7) is 3.64. The first-order valence-corrected chi connectivity index (χ1v) is 17.3. The average Bonchev–Trinajstić information content (AvgIpc) is 3.65. The van der Waals surface area contributed by atoms with Gasteiger partial charge in [-0.1, -0.05) is 47.7 Å². The van der Waals surface area contributed by atoms with E-state index >= 15 is 0 Å². The molecule has 0 bridgehead atoms. The Labute approximate surface area is 301 Å². The molecule has 0 atom stereocenters. The van der Waals surface area contributed by atoms with Gasteiger partial charge in [0.05, 0.1) is 50.7 Å². The molecule has 11 heteroatoms. The van der Waals surface area contributed by atoms with Crippen LogP contribution in [0.4, 0.5) is 0 Å². The molecule has 2 aromatic heterocycles.